The fourth-order valence-electron chi connectivity index (χ4n) is 6.35. The van der Waals surface area contributed by atoms with Gasteiger partial charge in [0.2, 0.25) is 11.8 Å². The Balaban J connectivity index is 1.53. The Bertz CT molecular complexity index is 1140. The number of nitrogens with one attached hydrogen (secondary N) is 2. The van der Waals surface area contributed by atoms with Crippen LogP contribution in [0.5, 0.6) is 0 Å². The number of amides is 2. The number of benzene rings is 1. The fourth-order valence-corrected chi connectivity index (χ4v) is 7.69. The van der Waals surface area contributed by atoms with Gasteiger partial charge in [0.25, 0.3) is 0 Å². The molecular formula is C30H45N3O5S. The third-order valence-electron chi connectivity index (χ3n) is 8.29. The molecule has 1 aliphatic carbocycles. The van der Waals surface area contributed by atoms with E-state index in [-0.39, 0.29) is 41.1 Å². The minimum absolute atomic E-state index is 0.0139. The van der Waals surface area contributed by atoms with Gasteiger partial charge in [-0.2, -0.15) is 0 Å². The summed E-state index contributed by atoms with van der Waals surface area (Å²) in [5.74, 6) is 0.324. The second-order valence-electron chi connectivity index (χ2n) is 12.7. The van der Waals surface area contributed by atoms with Crippen LogP contribution in [0.1, 0.15) is 64.9 Å². The first-order valence-electron chi connectivity index (χ1n) is 14.4. The maximum atomic E-state index is 13.4. The number of hydrogen-bond acceptors (Lipinski definition) is 6. The van der Waals surface area contributed by atoms with Gasteiger partial charge in [0.1, 0.15) is 0 Å². The summed E-state index contributed by atoms with van der Waals surface area (Å²) >= 11 is 0. The van der Waals surface area contributed by atoms with Crippen LogP contribution in [0, 0.1) is 11.8 Å². The summed E-state index contributed by atoms with van der Waals surface area (Å²) in [6.07, 6.45) is 6.91. The zero-order valence-electron chi connectivity index (χ0n) is 23.6. The predicted octanol–water partition coefficient (Wildman–Crippen LogP) is 2.62. The van der Waals surface area contributed by atoms with Crippen LogP contribution in [-0.2, 0) is 25.8 Å². The lowest BCUT2D eigenvalue weighted by Gasteiger charge is -2.47. The third-order valence-corrected chi connectivity index (χ3v) is 9.90. The summed E-state index contributed by atoms with van der Waals surface area (Å²) in [5, 5.41) is 17.7. The van der Waals surface area contributed by atoms with E-state index in [0.29, 0.717) is 24.7 Å². The number of allylic oxidation sites excluding steroid dienone is 1. The van der Waals surface area contributed by atoms with Gasteiger partial charge in [-0.15, -0.1) is 0 Å². The second kappa shape index (κ2) is 12.5. The lowest BCUT2D eigenvalue weighted by atomic mass is 9.72. The standard InChI is InChI=1S/C30H45N3O5S/c1-30(2,3)32-29(36)26-17-22-12-7-8-13-23(22)18-33(26)19-27(34)25(16-21-10-5-4-6-11-21)31-28(35)24-14-9-15-39(37,38)20-24/h4-6,10-11,14,22-23,25-27,34H,7-9,12-13,15-20H2,1-3H3,(H,31,35)(H,32,36)/t22-,23+,25-,26-,27+/m0/s1. The summed E-state index contributed by atoms with van der Waals surface area (Å²) in [5.41, 5.74) is 0.833. The highest BCUT2D eigenvalue weighted by molar-refractivity contribution is 7.91. The number of fused-ring (bicyclic) bond motifs is 1. The van der Waals surface area contributed by atoms with Crippen molar-refractivity contribution in [2.45, 2.75) is 89.4 Å². The highest BCUT2D eigenvalue weighted by Gasteiger charge is 2.42. The molecule has 1 aromatic carbocycles. The molecule has 1 aromatic rings. The quantitative estimate of drug-likeness (QED) is 0.451. The van der Waals surface area contributed by atoms with Crippen molar-refractivity contribution in [2.75, 3.05) is 24.6 Å². The molecule has 0 aromatic heterocycles. The molecule has 0 radical (unpaired) electrons. The second-order valence-corrected chi connectivity index (χ2v) is 14.9. The van der Waals surface area contributed by atoms with Gasteiger partial charge in [-0.05, 0) is 63.9 Å². The van der Waals surface area contributed by atoms with Gasteiger partial charge in [-0.3, -0.25) is 14.5 Å². The molecule has 2 fully saturated rings. The van der Waals surface area contributed by atoms with Crippen molar-refractivity contribution in [3.63, 3.8) is 0 Å². The summed E-state index contributed by atoms with van der Waals surface area (Å²) in [7, 11) is -3.30. The lowest BCUT2D eigenvalue weighted by molar-refractivity contribution is -0.133. The Labute approximate surface area is 233 Å². The van der Waals surface area contributed by atoms with Gasteiger partial charge in [0.15, 0.2) is 9.84 Å². The zero-order chi connectivity index (χ0) is 28.2. The molecule has 3 N–H and O–H groups in total. The Hall–Kier alpha value is -2.23. The van der Waals surface area contributed by atoms with Crippen molar-refractivity contribution in [3.05, 3.63) is 47.5 Å². The average molecular weight is 560 g/mol. The topological polar surface area (TPSA) is 116 Å². The number of aliphatic hydroxyl groups is 1. The maximum absolute atomic E-state index is 13.4. The van der Waals surface area contributed by atoms with Gasteiger partial charge < -0.3 is 15.7 Å². The van der Waals surface area contributed by atoms with Gasteiger partial charge in [-0.1, -0.05) is 55.7 Å². The van der Waals surface area contributed by atoms with E-state index in [4.69, 9.17) is 0 Å². The van der Waals surface area contributed by atoms with E-state index in [0.717, 1.165) is 31.4 Å². The SMILES string of the molecule is CC(C)(C)NC(=O)[C@@H]1C[C@@H]2CCCC[C@@H]2CN1C[C@@H](O)[C@H](Cc1ccccc1)NC(=O)C1=CCCS(=O)(=O)C1. The first-order valence-corrected chi connectivity index (χ1v) is 16.2. The highest BCUT2D eigenvalue weighted by atomic mass is 32.2. The lowest BCUT2D eigenvalue weighted by Crippen LogP contribution is -2.60. The Kier molecular flexibility index (Phi) is 9.55. The number of nitrogens with zero attached hydrogens (tertiary/aromatic N) is 1. The third kappa shape index (κ3) is 8.38. The number of sulfone groups is 1. The molecule has 5 atom stereocenters. The van der Waals surface area contributed by atoms with Gasteiger partial charge >= 0.3 is 0 Å². The molecule has 3 aliphatic rings. The van der Waals surface area contributed by atoms with E-state index in [1.165, 1.54) is 12.8 Å². The minimum Gasteiger partial charge on any atom is -0.390 e. The van der Waals surface area contributed by atoms with Crippen LogP contribution < -0.4 is 10.6 Å². The fraction of sp³-hybridized carbons (Fsp3) is 0.667. The monoisotopic (exact) mass is 559 g/mol. The van der Waals surface area contributed by atoms with E-state index >= 15 is 0 Å². The van der Waals surface area contributed by atoms with Crippen molar-refractivity contribution in [3.8, 4) is 0 Å². The minimum atomic E-state index is -3.30. The van der Waals surface area contributed by atoms with E-state index in [2.05, 4.69) is 15.5 Å². The number of aliphatic hydroxyl groups excluding tert-OH is 1. The number of carbonyl (C=O) groups excluding carboxylic acids is 2. The molecule has 1 saturated carbocycles. The molecule has 9 heteroatoms. The molecule has 2 heterocycles. The van der Waals surface area contributed by atoms with Crippen molar-refractivity contribution in [2.24, 2.45) is 11.8 Å². The number of likely N-dealkylation sites (tertiary alicyclic amines) is 1. The summed E-state index contributed by atoms with van der Waals surface area (Å²) in [4.78, 5) is 28.7. The average Bonchev–Trinajstić information content (AvgIpc) is 2.86. The zero-order valence-corrected chi connectivity index (χ0v) is 24.4. The Morgan fingerprint density at radius 1 is 1.10 bits per heavy atom. The first-order chi connectivity index (χ1) is 18.4. The maximum Gasteiger partial charge on any atom is 0.248 e. The van der Waals surface area contributed by atoms with Crippen molar-refractivity contribution in [1.29, 1.82) is 0 Å². The normalized spacial score (nSPS) is 27.0. The van der Waals surface area contributed by atoms with Crippen molar-refractivity contribution in [1.82, 2.24) is 15.5 Å². The number of hydrogen-bond donors (Lipinski definition) is 3. The molecule has 2 amide bonds. The number of piperidine rings is 1. The molecule has 0 unspecified atom stereocenters. The largest absolute Gasteiger partial charge is 0.390 e. The molecule has 0 bridgehead atoms. The van der Waals surface area contributed by atoms with Crippen LogP contribution in [0.15, 0.2) is 42.0 Å². The van der Waals surface area contributed by atoms with Crippen LogP contribution in [0.4, 0.5) is 0 Å². The van der Waals surface area contributed by atoms with Crippen LogP contribution in [0.2, 0.25) is 0 Å². The van der Waals surface area contributed by atoms with Crippen LogP contribution in [0.25, 0.3) is 0 Å². The van der Waals surface area contributed by atoms with Crippen LogP contribution >= 0.6 is 0 Å². The summed E-state index contributed by atoms with van der Waals surface area (Å²) < 4.78 is 24.3. The molecule has 4 rings (SSSR count). The van der Waals surface area contributed by atoms with Gasteiger partial charge in [-0.25, -0.2) is 8.42 Å². The van der Waals surface area contributed by atoms with E-state index in [1.807, 2.05) is 51.1 Å². The molecule has 8 nitrogen and oxygen atoms in total. The van der Waals surface area contributed by atoms with E-state index in [1.54, 1.807) is 6.08 Å². The Morgan fingerprint density at radius 3 is 2.46 bits per heavy atom. The first kappa shape index (κ1) is 29.7. The molecule has 1 saturated heterocycles. The number of carbonyl (C=O) groups is 2. The van der Waals surface area contributed by atoms with Crippen LogP contribution in [0.3, 0.4) is 0 Å². The molecule has 2 aliphatic heterocycles. The van der Waals surface area contributed by atoms with E-state index < -0.39 is 27.9 Å². The predicted molar refractivity (Wildman–Crippen MR) is 153 cm³/mol. The van der Waals surface area contributed by atoms with Gasteiger partial charge in [0, 0.05) is 24.2 Å². The Morgan fingerprint density at radius 2 is 1.79 bits per heavy atom. The molecule has 39 heavy (non-hydrogen) atoms. The molecule has 216 valence electrons. The smallest absolute Gasteiger partial charge is 0.248 e. The summed E-state index contributed by atoms with van der Waals surface area (Å²) in [6, 6.07) is 8.66. The number of β-amino-alcohol motifs (C(OH)–C–C–N with tert-alkyl or cyclic N) is 1. The summed E-state index contributed by atoms with van der Waals surface area (Å²) in [6.45, 7) is 6.92. The van der Waals surface area contributed by atoms with Gasteiger partial charge in [0.05, 0.1) is 29.7 Å². The molecular weight excluding hydrogens is 514 g/mol. The number of rotatable bonds is 8. The van der Waals surface area contributed by atoms with Crippen LogP contribution in [-0.4, -0.2) is 78.6 Å². The van der Waals surface area contributed by atoms with Crippen molar-refractivity contribution < 1.29 is 23.1 Å². The molecule has 0 spiro atoms. The van der Waals surface area contributed by atoms with E-state index in [9.17, 15) is 23.1 Å². The highest BCUT2D eigenvalue weighted by Crippen LogP contribution is 2.39. The van der Waals surface area contributed by atoms with Crippen molar-refractivity contribution >= 4 is 21.7 Å².